The molecule has 120 valence electrons. The van der Waals surface area contributed by atoms with E-state index in [1.54, 1.807) is 0 Å². The lowest BCUT2D eigenvalue weighted by molar-refractivity contribution is 0.328. The minimum atomic E-state index is 1.10. The molecule has 0 spiro atoms. The van der Waals surface area contributed by atoms with Crippen LogP contribution in [-0.2, 0) is 0 Å². The van der Waals surface area contributed by atoms with Gasteiger partial charge in [0.25, 0.3) is 0 Å². The molecule has 0 aliphatic heterocycles. The summed E-state index contributed by atoms with van der Waals surface area (Å²) in [6.45, 7) is 2.30. The maximum Gasteiger partial charge on any atom is -0.0414 e. The van der Waals surface area contributed by atoms with E-state index in [-0.39, 0.29) is 0 Å². The second-order valence-electron chi connectivity index (χ2n) is 7.18. The summed E-state index contributed by atoms with van der Waals surface area (Å²) in [7, 11) is 0. The first-order valence-corrected chi connectivity index (χ1v) is 9.93. The summed E-state index contributed by atoms with van der Waals surface area (Å²) in [5.74, 6) is 1.10. The predicted molar refractivity (Wildman–Crippen MR) is 92.3 cm³/mol. The first-order chi connectivity index (χ1) is 9.93. The van der Waals surface area contributed by atoms with Crippen molar-refractivity contribution in [2.24, 2.45) is 5.92 Å². The quantitative estimate of drug-likeness (QED) is 0.304. The molecule has 0 heterocycles. The van der Waals surface area contributed by atoms with Gasteiger partial charge in [-0.15, -0.1) is 0 Å². The van der Waals surface area contributed by atoms with Crippen LogP contribution in [-0.4, -0.2) is 0 Å². The van der Waals surface area contributed by atoms with Gasteiger partial charge in [0.1, 0.15) is 0 Å². The van der Waals surface area contributed by atoms with Gasteiger partial charge >= 0.3 is 0 Å². The van der Waals surface area contributed by atoms with Crippen molar-refractivity contribution < 1.29 is 0 Å². The molecule has 1 saturated carbocycles. The van der Waals surface area contributed by atoms with E-state index >= 15 is 0 Å². The summed E-state index contributed by atoms with van der Waals surface area (Å²) >= 11 is 0. The lowest BCUT2D eigenvalue weighted by Crippen LogP contribution is -2.05. The first kappa shape index (κ1) is 18.1. The van der Waals surface area contributed by atoms with Crippen LogP contribution in [0.15, 0.2) is 0 Å². The Bertz CT molecular complexity index is 178. The molecule has 0 heteroatoms. The van der Waals surface area contributed by atoms with Crippen LogP contribution in [0, 0.1) is 5.92 Å². The number of hydrogen-bond donors (Lipinski definition) is 0. The minimum absolute atomic E-state index is 1.10. The van der Waals surface area contributed by atoms with Crippen LogP contribution in [0.4, 0.5) is 0 Å². The Hall–Kier alpha value is 0. The van der Waals surface area contributed by atoms with Crippen molar-refractivity contribution >= 4 is 0 Å². The summed E-state index contributed by atoms with van der Waals surface area (Å²) in [6, 6.07) is 0. The standard InChI is InChI=1S/C20H40/c1-2-3-4-5-6-7-8-9-10-11-12-14-17-20-18-15-13-16-19-20/h20H,2-19H2,1H3. The highest BCUT2D eigenvalue weighted by Crippen LogP contribution is 2.28. The van der Waals surface area contributed by atoms with Crippen LogP contribution < -0.4 is 0 Å². The predicted octanol–water partition coefficient (Wildman–Crippen LogP) is 7.66. The summed E-state index contributed by atoms with van der Waals surface area (Å²) < 4.78 is 0. The van der Waals surface area contributed by atoms with E-state index in [9.17, 15) is 0 Å². The van der Waals surface area contributed by atoms with Crippen LogP contribution in [0.25, 0.3) is 0 Å². The highest BCUT2D eigenvalue weighted by atomic mass is 14.2. The summed E-state index contributed by atoms with van der Waals surface area (Å²) in [4.78, 5) is 0. The average Bonchev–Trinajstić information content (AvgIpc) is 2.49. The third-order valence-corrected chi connectivity index (χ3v) is 5.19. The largest absolute Gasteiger partial charge is 0.0654 e. The summed E-state index contributed by atoms with van der Waals surface area (Å²) in [5, 5.41) is 0. The molecule has 0 N–H and O–H groups in total. The van der Waals surface area contributed by atoms with Crippen molar-refractivity contribution in [3.05, 3.63) is 0 Å². The van der Waals surface area contributed by atoms with Gasteiger partial charge in [-0.25, -0.2) is 0 Å². The fourth-order valence-corrected chi connectivity index (χ4v) is 3.75. The molecule has 0 aromatic rings. The van der Waals surface area contributed by atoms with Crippen molar-refractivity contribution in [3.8, 4) is 0 Å². The van der Waals surface area contributed by atoms with Crippen LogP contribution in [0.3, 0.4) is 0 Å². The number of rotatable bonds is 13. The van der Waals surface area contributed by atoms with Crippen molar-refractivity contribution in [1.29, 1.82) is 0 Å². The SMILES string of the molecule is CCCCCCCCCCCCCCC1CCCCC1. The van der Waals surface area contributed by atoms with Gasteiger partial charge in [0.05, 0.1) is 0 Å². The van der Waals surface area contributed by atoms with E-state index in [1.165, 1.54) is 116 Å². The third-order valence-electron chi connectivity index (χ3n) is 5.19. The van der Waals surface area contributed by atoms with Crippen molar-refractivity contribution in [1.82, 2.24) is 0 Å². The Morgan fingerprint density at radius 3 is 1.50 bits per heavy atom. The Morgan fingerprint density at radius 1 is 0.550 bits per heavy atom. The monoisotopic (exact) mass is 280 g/mol. The van der Waals surface area contributed by atoms with Crippen LogP contribution >= 0.6 is 0 Å². The molecule has 1 fully saturated rings. The molecule has 0 aromatic carbocycles. The number of unbranched alkanes of at least 4 members (excludes halogenated alkanes) is 11. The highest BCUT2D eigenvalue weighted by molar-refractivity contribution is 4.65. The molecule has 1 rings (SSSR count). The van der Waals surface area contributed by atoms with E-state index in [2.05, 4.69) is 6.92 Å². The summed E-state index contributed by atoms with van der Waals surface area (Å²) in [5.41, 5.74) is 0. The van der Waals surface area contributed by atoms with E-state index in [0.717, 1.165) is 5.92 Å². The highest BCUT2D eigenvalue weighted by Gasteiger charge is 2.12. The molecule has 1 aliphatic rings. The van der Waals surface area contributed by atoms with Gasteiger partial charge in [0, 0.05) is 0 Å². The Balaban J connectivity index is 1.70. The van der Waals surface area contributed by atoms with Crippen molar-refractivity contribution in [3.63, 3.8) is 0 Å². The molecule has 0 nitrogen and oxygen atoms in total. The third kappa shape index (κ3) is 10.7. The lowest BCUT2D eigenvalue weighted by Gasteiger charge is -2.21. The van der Waals surface area contributed by atoms with Crippen LogP contribution in [0.2, 0.25) is 0 Å². The molecular weight excluding hydrogens is 240 g/mol. The van der Waals surface area contributed by atoms with Crippen molar-refractivity contribution in [2.45, 2.75) is 122 Å². The van der Waals surface area contributed by atoms with E-state index in [0.29, 0.717) is 0 Å². The fraction of sp³-hybridized carbons (Fsp3) is 1.00. The lowest BCUT2D eigenvalue weighted by atomic mass is 9.85. The second-order valence-corrected chi connectivity index (χ2v) is 7.18. The van der Waals surface area contributed by atoms with Crippen molar-refractivity contribution in [2.75, 3.05) is 0 Å². The van der Waals surface area contributed by atoms with Gasteiger partial charge in [-0.05, 0) is 5.92 Å². The molecule has 0 amide bonds. The molecule has 1 aliphatic carbocycles. The van der Waals surface area contributed by atoms with E-state index < -0.39 is 0 Å². The molecule has 0 saturated heterocycles. The van der Waals surface area contributed by atoms with Gasteiger partial charge in [-0.2, -0.15) is 0 Å². The maximum atomic E-state index is 2.30. The van der Waals surface area contributed by atoms with Crippen LogP contribution in [0.5, 0.6) is 0 Å². The average molecular weight is 281 g/mol. The summed E-state index contributed by atoms with van der Waals surface area (Å²) in [6.07, 6.45) is 26.9. The van der Waals surface area contributed by atoms with Gasteiger partial charge < -0.3 is 0 Å². The van der Waals surface area contributed by atoms with E-state index in [4.69, 9.17) is 0 Å². The molecule has 20 heavy (non-hydrogen) atoms. The molecule has 0 radical (unpaired) electrons. The number of hydrogen-bond acceptors (Lipinski definition) is 0. The fourth-order valence-electron chi connectivity index (χ4n) is 3.75. The zero-order valence-electron chi connectivity index (χ0n) is 14.3. The molecule has 0 atom stereocenters. The van der Waals surface area contributed by atoms with Gasteiger partial charge in [0.15, 0.2) is 0 Å². The molecule has 0 aromatic heterocycles. The molecule has 0 bridgehead atoms. The molecular formula is C20H40. The second kappa shape index (κ2) is 14.0. The topological polar surface area (TPSA) is 0 Å². The molecule has 0 unspecified atom stereocenters. The normalized spacial score (nSPS) is 16.6. The van der Waals surface area contributed by atoms with Gasteiger partial charge in [-0.1, -0.05) is 122 Å². The van der Waals surface area contributed by atoms with Crippen LogP contribution in [0.1, 0.15) is 122 Å². The Morgan fingerprint density at radius 2 is 1.00 bits per heavy atom. The maximum absolute atomic E-state index is 2.30. The smallest absolute Gasteiger partial charge is 0.0414 e. The van der Waals surface area contributed by atoms with Gasteiger partial charge in [0.2, 0.25) is 0 Å². The minimum Gasteiger partial charge on any atom is -0.0654 e. The van der Waals surface area contributed by atoms with Gasteiger partial charge in [-0.3, -0.25) is 0 Å². The Labute approximate surface area is 129 Å². The van der Waals surface area contributed by atoms with E-state index in [1.807, 2.05) is 0 Å². The first-order valence-electron chi connectivity index (χ1n) is 9.93. The Kier molecular flexibility index (Phi) is 12.6. The zero-order chi connectivity index (χ0) is 14.3. The zero-order valence-corrected chi connectivity index (χ0v) is 14.3.